The average molecular weight is 532 g/mol. The predicted octanol–water partition coefficient (Wildman–Crippen LogP) is 5.49. The molecule has 0 saturated heterocycles. The van der Waals surface area contributed by atoms with Crippen LogP contribution in [0.3, 0.4) is 0 Å². The molecule has 9 nitrogen and oxygen atoms in total. The predicted molar refractivity (Wildman–Crippen MR) is 141 cm³/mol. The van der Waals surface area contributed by atoms with Gasteiger partial charge < -0.3 is 19.1 Å². The van der Waals surface area contributed by atoms with Gasteiger partial charge in [-0.25, -0.2) is 9.97 Å². The standard InChI is InChI=1S/C28H26ClN5O4/c1-17(11-23(35)36)15-37-20-7-8-21(22(29)12-20)25-33-24-26(31-16-32-27(24)38-28(2)9-10-28)34(25)14-19-6-4-3-5-18(19)13-30/h3-8,12,16-17H,9-11,14-15H2,1-2H3,(H,35,36). The first-order valence-corrected chi connectivity index (χ1v) is 12.7. The fraction of sp³-hybridized carbons (Fsp3) is 0.321. The number of carboxylic acid groups (broad SMARTS) is 1. The number of rotatable bonds is 10. The van der Waals surface area contributed by atoms with Gasteiger partial charge in [0.15, 0.2) is 11.2 Å². The van der Waals surface area contributed by atoms with Gasteiger partial charge in [-0.2, -0.15) is 10.2 Å². The van der Waals surface area contributed by atoms with Crippen molar-refractivity contribution in [3.05, 3.63) is 64.9 Å². The maximum absolute atomic E-state index is 10.9. The number of halogens is 1. The Morgan fingerprint density at radius 2 is 2.05 bits per heavy atom. The molecular formula is C28H26ClN5O4. The molecule has 4 aromatic rings. The van der Waals surface area contributed by atoms with E-state index in [1.165, 1.54) is 6.33 Å². The molecule has 0 radical (unpaired) electrons. The lowest BCUT2D eigenvalue weighted by molar-refractivity contribution is -0.138. The number of aromatic nitrogens is 4. The number of nitrogens with zero attached hydrogens (tertiary/aromatic N) is 5. The Morgan fingerprint density at radius 3 is 2.76 bits per heavy atom. The van der Waals surface area contributed by atoms with Crippen LogP contribution in [-0.2, 0) is 11.3 Å². The molecule has 1 fully saturated rings. The fourth-order valence-electron chi connectivity index (χ4n) is 4.16. The monoisotopic (exact) mass is 531 g/mol. The zero-order chi connectivity index (χ0) is 26.9. The molecule has 2 heterocycles. The van der Waals surface area contributed by atoms with Crippen LogP contribution in [0.25, 0.3) is 22.6 Å². The Kier molecular flexibility index (Phi) is 6.91. The Hall–Kier alpha value is -4.16. The molecule has 10 heteroatoms. The number of aliphatic carboxylic acids is 1. The lowest BCUT2D eigenvalue weighted by Crippen LogP contribution is -2.13. The minimum absolute atomic E-state index is 0.0184. The highest BCUT2D eigenvalue weighted by atomic mass is 35.5. The van der Waals surface area contributed by atoms with E-state index in [0.29, 0.717) is 51.3 Å². The van der Waals surface area contributed by atoms with E-state index >= 15 is 0 Å². The number of fused-ring (bicyclic) bond motifs is 1. The van der Waals surface area contributed by atoms with E-state index in [1.807, 2.05) is 42.7 Å². The number of imidazole rings is 1. The summed E-state index contributed by atoms with van der Waals surface area (Å²) in [5.41, 5.74) is 2.85. The van der Waals surface area contributed by atoms with Crippen molar-refractivity contribution in [2.75, 3.05) is 6.61 Å². The first kappa shape index (κ1) is 25.5. The highest BCUT2D eigenvalue weighted by molar-refractivity contribution is 6.33. The van der Waals surface area contributed by atoms with Gasteiger partial charge >= 0.3 is 5.97 Å². The zero-order valence-electron chi connectivity index (χ0n) is 21.0. The summed E-state index contributed by atoms with van der Waals surface area (Å²) in [4.78, 5) is 24.7. The van der Waals surface area contributed by atoms with E-state index in [0.717, 1.165) is 18.4 Å². The van der Waals surface area contributed by atoms with Crippen LogP contribution in [0.15, 0.2) is 48.8 Å². The molecule has 5 rings (SSSR count). The van der Waals surface area contributed by atoms with E-state index in [-0.39, 0.29) is 24.5 Å². The molecule has 0 bridgehead atoms. The molecule has 1 N–H and O–H groups in total. The topological polar surface area (TPSA) is 123 Å². The highest BCUT2D eigenvalue weighted by Crippen LogP contribution is 2.41. The van der Waals surface area contributed by atoms with E-state index in [2.05, 4.69) is 16.0 Å². The van der Waals surface area contributed by atoms with Gasteiger partial charge in [-0.1, -0.05) is 36.7 Å². The molecule has 0 spiro atoms. The summed E-state index contributed by atoms with van der Waals surface area (Å²) >= 11 is 6.73. The van der Waals surface area contributed by atoms with Gasteiger partial charge in [0.2, 0.25) is 5.88 Å². The summed E-state index contributed by atoms with van der Waals surface area (Å²) in [6.45, 7) is 4.44. The van der Waals surface area contributed by atoms with Gasteiger partial charge in [-0.3, -0.25) is 4.79 Å². The summed E-state index contributed by atoms with van der Waals surface area (Å²) in [5.74, 6) is 0.468. The molecule has 1 aliphatic carbocycles. The summed E-state index contributed by atoms with van der Waals surface area (Å²) in [6, 6.07) is 14.9. The van der Waals surface area contributed by atoms with Crippen LogP contribution in [0.5, 0.6) is 11.6 Å². The minimum Gasteiger partial charge on any atom is -0.493 e. The summed E-state index contributed by atoms with van der Waals surface area (Å²) < 4.78 is 13.9. The van der Waals surface area contributed by atoms with E-state index in [1.54, 1.807) is 18.2 Å². The Labute approximate surface area is 224 Å². The lowest BCUT2D eigenvalue weighted by atomic mass is 10.1. The molecule has 1 saturated carbocycles. The molecular weight excluding hydrogens is 506 g/mol. The quantitative estimate of drug-likeness (QED) is 0.285. The Morgan fingerprint density at radius 1 is 1.26 bits per heavy atom. The van der Waals surface area contributed by atoms with Gasteiger partial charge in [0.25, 0.3) is 0 Å². The second-order valence-corrected chi connectivity index (χ2v) is 10.3. The molecule has 38 heavy (non-hydrogen) atoms. The summed E-state index contributed by atoms with van der Waals surface area (Å²) in [7, 11) is 0. The molecule has 1 atom stereocenters. The van der Waals surface area contributed by atoms with Crippen molar-refractivity contribution in [1.29, 1.82) is 5.26 Å². The van der Waals surface area contributed by atoms with Crippen molar-refractivity contribution in [2.24, 2.45) is 5.92 Å². The smallest absolute Gasteiger partial charge is 0.303 e. The second-order valence-electron chi connectivity index (χ2n) is 9.85. The van der Waals surface area contributed by atoms with Crippen molar-refractivity contribution in [3.8, 4) is 29.1 Å². The Bertz CT molecular complexity index is 1560. The van der Waals surface area contributed by atoms with Crippen LogP contribution in [0.2, 0.25) is 5.02 Å². The maximum Gasteiger partial charge on any atom is 0.303 e. The molecule has 1 unspecified atom stereocenters. The molecule has 194 valence electrons. The second kappa shape index (κ2) is 10.3. The first-order chi connectivity index (χ1) is 18.3. The van der Waals surface area contributed by atoms with Crippen molar-refractivity contribution < 1.29 is 19.4 Å². The molecule has 0 amide bonds. The minimum atomic E-state index is -0.867. The van der Waals surface area contributed by atoms with Crippen LogP contribution < -0.4 is 9.47 Å². The van der Waals surface area contributed by atoms with E-state index in [9.17, 15) is 10.1 Å². The van der Waals surface area contributed by atoms with Gasteiger partial charge in [0.05, 0.1) is 36.2 Å². The van der Waals surface area contributed by atoms with Gasteiger partial charge in [0, 0.05) is 11.5 Å². The van der Waals surface area contributed by atoms with Gasteiger partial charge in [0.1, 0.15) is 23.5 Å². The number of carbonyl (C=O) groups is 1. The molecule has 0 aliphatic heterocycles. The first-order valence-electron chi connectivity index (χ1n) is 12.3. The fourth-order valence-corrected chi connectivity index (χ4v) is 4.41. The summed E-state index contributed by atoms with van der Waals surface area (Å²) in [5, 5.41) is 19.0. The van der Waals surface area contributed by atoms with Crippen molar-refractivity contribution in [2.45, 2.75) is 45.3 Å². The average Bonchev–Trinajstić information content (AvgIpc) is 3.50. The number of nitriles is 1. The van der Waals surface area contributed by atoms with Crippen LogP contribution in [0, 0.1) is 17.2 Å². The van der Waals surface area contributed by atoms with Crippen LogP contribution in [0.1, 0.15) is 44.2 Å². The van der Waals surface area contributed by atoms with Gasteiger partial charge in [-0.15, -0.1) is 0 Å². The van der Waals surface area contributed by atoms with Crippen LogP contribution in [0.4, 0.5) is 0 Å². The number of ether oxygens (including phenoxy) is 2. The molecule has 1 aliphatic rings. The number of hydrogen-bond acceptors (Lipinski definition) is 7. The lowest BCUT2D eigenvalue weighted by Gasteiger charge is -2.14. The third kappa shape index (κ3) is 5.41. The normalized spacial score (nSPS) is 14.6. The molecule has 2 aromatic heterocycles. The van der Waals surface area contributed by atoms with Crippen LogP contribution in [-0.4, -0.2) is 42.8 Å². The van der Waals surface area contributed by atoms with Gasteiger partial charge in [-0.05, 0) is 49.6 Å². The largest absolute Gasteiger partial charge is 0.493 e. The molecule has 2 aromatic carbocycles. The zero-order valence-corrected chi connectivity index (χ0v) is 21.8. The van der Waals surface area contributed by atoms with Crippen molar-refractivity contribution in [1.82, 2.24) is 19.5 Å². The number of carboxylic acids is 1. The SMILES string of the molecule is CC(COc1ccc(-c2nc3c(OC4(C)CC4)ncnc3n2Cc2ccccc2C#N)c(Cl)c1)CC(=O)O. The number of benzene rings is 2. The highest BCUT2D eigenvalue weighted by Gasteiger charge is 2.41. The third-order valence-corrected chi connectivity index (χ3v) is 6.81. The van der Waals surface area contributed by atoms with E-state index in [4.69, 9.17) is 31.2 Å². The Balaban J connectivity index is 1.55. The number of hydrogen-bond donors (Lipinski definition) is 1. The third-order valence-electron chi connectivity index (χ3n) is 6.50. The summed E-state index contributed by atoms with van der Waals surface area (Å²) in [6.07, 6.45) is 3.36. The van der Waals surface area contributed by atoms with Crippen LogP contribution >= 0.6 is 11.6 Å². The van der Waals surface area contributed by atoms with Crippen molar-refractivity contribution >= 4 is 28.7 Å². The van der Waals surface area contributed by atoms with E-state index < -0.39 is 5.97 Å². The van der Waals surface area contributed by atoms with Crippen molar-refractivity contribution in [3.63, 3.8) is 0 Å². The maximum atomic E-state index is 10.9.